The molecule has 9 heteroatoms. The van der Waals surface area contributed by atoms with Gasteiger partial charge in [0.25, 0.3) is 5.72 Å². The van der Waals surface area contributed by atoms with Gasteiger partial charge in [-0.3, -0.25) is 19.7 Å². The molecule has 2 atom stereocenters. The average molecular weight is 550 g/mol. The molecule has 9 nitrogen and oxygen atoms in total. The number of rotatable bonds is 15. The molecule has 0 saturated heterocycles. The van der Waals surface area contributed by atoms with Crippen molar-refractivity contribution in [2.45, 2.75) is 113 Å². The summed E-state index contributed by atoms with van der Waals surface area (Å²) in [5.41, 5.74) is -3.24. The van der Waals surface area contributed by atoms with Crippen LogP contribution >= 0.6 is 0 Å². The van der Waals surface area contributed by atoms with Crippen molar-refractivity contribution >= 4 is 23.9 Å². The predicted molar refractivity (Wildman–Crippen MR) is 148 cm³/mol. The number of carbonyl (C=O) groups is 4. The molecule has 2 N–H and O–H groups in total. The molecule has 1 aromatic rings. The number of aliphatic carboxylic acids is 1. The van der Waals surface area contributed by atoms with Gasteiger partial charge in [-0.2, -0.15) is 0 Å². The standard InChI is InChI=1S/C30H47NO8/c1-11-20(6)31-30(25(33)34,39-24(32)16-19(4)5)18-21-14-15-22(37-26(35)28(7,8)12-2)23(17-21)38-27(36)29(9,10)13-3/h14-15,17,19-20,31H,11-13,16,18H2,1-10H3,(H,33,34)/t20?,30-/m0/s1. The van der Waals surface area contributed by atoms with E-state index in [9.17, 15) is 24.3 Å². The fourth-order valence-electron chi connectivity index (χ4n) is 3.25. The third kappa shape index (κ3) is 9.64. The van der Waals surface area contributed by atoms with Crippen LogP contribution in [-0.2, 0) is 30.3 Å². The summed E-state index contributed by atoms with van der Waals surface area (Å²) in [5.74, 6) is -3.03. The summed E-state index contributed by atoms with van der Waals surface area (Å²) in [4.78, 5) is 51.0. The zero-order chi connectivity index (χ0) is 30.2. The van der Waals surface area contributed by atoms with Gasteiger partial charge in [-0.25, -0.2) is 4.79 Å². The predicted octanol–water partition coefficient (Wildman–Crippen LogP) is 5.67. The second-order valence-electron chi connectivity index (χ2n) is 11.9. The van der Waals surface area contributed by atoms with Gasteiger partial charge in [0.1, 0.15) is 0 Å². The van der Waals surface area contributed by atoms with Gasteiger partial charge in [-0.15, -0.1) is 0 Å². The van der Waals surface area contributed by atoms with Gasteiger partial charge in [0, 0.05) is 18.9 Å². The minimum absolute atomic E-state index is 0.0180. The first-order valence-corrected chi connectivity index (χ1v) is 13.7. The lowest BCUT2D eigenvalue weighted by Gasteiger charge is -2.33. The number of esters is 3. The second kappa shape index (κ2) is 13.9. The fourth-order valence-corrected chi connectivity index (χ4v) is 3.25. The van der Waals surface area contributed by atoms with Crippen LogP contribution < -0.4 is 14.8 Å². The van der Waals surface area contributed by atoms with Crippen molar-refractivity contribution in [3.8, 4) is 11.5 Å². The van der Waals surface area contributed by atoms with Gasteiger partial charge in [0.05, 0.1) is 10.8 Å². The van der Waals surface area contributed by atoms with Crippen molar-refractivity contribution in [2.24, 2.45) is 16.7 Å². The summed E-state index contributed by atoms with van der Waals surface area (Å²) >= 11 is 0. The highest BCUT2D eigenvalue weighted by Crippen LogP contribution is 2.35. The van der Waals surface area contributed by atoms with Crippen molar-refractivity contribution in [3.05, 3.63) is 23.8 Å². The zero-order valence-corrected chi connectivity index (χ0v) is 25.2. The van der Waals surface area contributed by atoms with E-state index in [1.807, 2.05) is 34.6 Å². The van der Waals surface area contributed by atoms with Crippen LogP contribution in [0.5, 0.6) is 11.5 Å². The number of benzene rings is 1. The first-order valence-electron chi connectivity index (χ1n) is 13.7. The smallest absolute Gasteiger partial charge is 0.364 e. The monoisotopic (exact) mass is 549 g/mol. The number of carbonyl (C=O) groups excluding carboxylic acids is 3. The van der Waals surface area contributed by atoms with Gasteiger partial charge in [-0.05, 0) is 77.5 Å². The van der Waals surface area contributed by atoms with Crippen molar-refractivity contribution in [1.82, 2.24) is 5.32 Å². The van der Waals surface area contributed by atoms with E-state index in [1.165, 1.54) is 12.1 Å². The summed E-state index contributed by atoms with van der Waals surface area (Å²) < 4.78 is 16.9. The van der Waals surface area contributed by atoms with Crippen LogP contribution in [0.25, 0.3) is 0 Å². The highest BCUT2D eigenvalue weighted by molar-refractivity contribution is 5.83. The fraction of sp³-hybridized carbons (Fsp3) is 0.667. The van der Waals surface area contributed by atoms with Crippen molar-refractivity contribution in [2.75, 3.05) is 0 Å². The van der Waals surface area contributed by atoms with Gasteiger partial charge in [0.15, 0.2) is 11.5 Å². The lowest BCUT2D eigenvalue weighted by Crippen LogP contribution is -2.59. The summed E-state index contributed by atoms with van der Waals surface area (Å²) in [6, 6.07) is 4.20. The maximum absolute atomic E-state index is 13.0. The van der Waals surface area contributed by atoms with E-state index < -0.39 is 40.4 Å². The van der Waals surface area contributed by atoms with Gasteiger partial charge in [-0.1, -0.05) is 40.7 Å². The second-order valence-corrected chi connectivity index (χ2v) is 11.9. The Bertz CT molecular complexity index is 1030. The first-order chi connectivity index (χ1) is 17.9. The Morgan fingerprint density at radius 3 is 1.82 bits per heavy atom. The van der Waals surface area contributed by atoms with Crippen LogP contribution in [0.3, 0.4) is 0 Å². The minimum Gasteiger partial charge on any atom is -0.477 e. The average Bonchev–Trinajstić information content (AvgIpc) is 2.84. The van der Waals surface area contributed by atoms with Gasteiger partial charge >= 0.3 is 23.9 Å². The Balaban J connectivity index is 3.60. The Morgan fingerprint density at radius 2 is 1.38 bits per heavy atom. The van der Waals surface area contributed by atoms with Gasteiger partial charge < -0.3 is 19.3 Å². The van der Waals surface area contributed by atoms with Gasteiger partial charge in [0.2, 0.25) is 0 Å². The van der Waals surface area contributed by atoms with E-state index >= 15 is 0 Å². The third-order valence-corrected chi connectivity index (χ3v) is 7.04. The number of carboxylic acid groups (broad SMARTS) is 1. The minimum atomic E-state index is -2.06. The highest BCUT2D eigenvalue weighted by Gasteiger charge is 2.44. The molecule has 1 rings (SSSR count). The van der Waals surface area contributed by atoms with Crippen LogP contribution in [0.1, 0.15) is 100 Å². The molecule has 0 spiro atoms. The molecule has 0 aliphatic rings. The molecule has 0 heterocycles. The van der Waals surface area contributed by atoms with Crippen LogP contribution in [0.2, 0.25) is 0 Å². The molecule has 0 bridgehead atoms. The summed E-state index contributed by atoms with van der Waals surface area (Å²) in [6.07, 6.45) is 1.43. The molecule has 1 aromatic carbocycles. The number of ether oxygens (including phenoxy) is 3. The number of hydrogen-bond acceptors (Lipinski definition) is 8. The van der Waals surface area contributed by atoms with Crippen LogP contribution in [-0.4, -0.2) is 40.8 Å². The highest BCUT2D eigenvalue weighted by atomic mass is 16.6. The Morgan fingerprint density at radius 1 is 0.872 bits per heavy atom. The van der Waals surface area contributed by atoms with E-state index in [4.69, 9.17) is 14.2 Å². The SMILES string of the molecule is CCC(C)N[C@@](Cc1ccc(OC(=O)C(C)(C)CC)c(OC(=O)C(C)(C)CC)c1)(OC(=O)CC(C)C)C(=O)O. The van der Waals surface area contributed by atoms with Crippen LogP contribution in [0.4, 0.5) is 0 Å². The summed E-state index contributed by atoms with van der Waals surface area (Å²) in [5, 5.41) is 13.2. The molecular formula is C30H47NO8. The lowest BCUT2D eigenvalue weighted by atomic mass is 9.90. The maximum Gasteiger partial charge on any atom is 0.364 e. The van der Waals surface area contributed by atoms with Crippen LogP contribution in [0, 0.1) is 16.7 Å². The molecular weight excluding hydrogens is 502 g/mol. The third-order valence-electron chi connectivity index (χ3n) is 7.04. The topological polar surface area (TPSA) is 128 Å². The number of nitrogens with one attached hydrogen (secondary N) is 1. The molecule has 0 aliphatic heterocycles. The summed E-state index contributed by atoms with van der Waals surface area (Å²) in [7, 11) is 0. The van der Waals surface area contributed by atoms with E-state index in [0.717, 1.165) is 0 Å². The molecule has 0 aromatic heterocycles. The Kier molecular flexibility index (Phi) is 12.2. The largest absolute Gasteiger partial charge is 0.477 e. The zero-order valence-electron chi connectivity index (χ0n) is 25.2. The first kappa shape index (κ1) is 34.1. The van der Waals surface area contributed by atoms with E-state index in [-0.39, 0.29) is 36.3 Å². The number of hydrogen-bond donors (Lipinski definition) is 2. The quantitative estimate of drug-likeness (QED) is 0.161. The molecule has 220 valence electrons. The van der Waals surface area contributed by atoms with Crippen molar-refractivity contribution in [3.63, 3.8) is 0 Å². The Hall–Kier alpha value is -2.94. The van der Waals surface area contributed by atoms with Crippen molar-refractivity contribution in [1.29, 1.82) is 0 Å². The molecule has 0 fully saturated rings. The van der Waals surface area contributed by atoms with E-state index in [1.54, 1.807) is 40.7 Å². The van der Waals surface area contributed by atoms with Crippen LogP contribution in [0.15, 0.2) is 18.2 Å². The van der Waals surface area contributed by atoms with Crippen molar-refractivity contribution < 1.29 is 38.5 Å². The molecule has 0 amide bonds. The molecule has 0 radical (unpaired) electrons. The number of carboxylic acids is 1. The summed E-state index contributed by atoms with van der Waals surface area (Å²) in [6.45, 7) is 18.1. The van der Waals surface area contributed by atoms with E-state index in [0.29, 0.717) is 24.8 Å². The molecule has 0 saturated carbocycles. The molecule has 1 unspecified atom stereocenters. The van der Waals surface area contributed by atoms with E-state index in [2.05, 4.69) is 5.32 Å². The molecule has 39 heavy (non-hydrogen) atoms. The lowest BCUT2D eigenvalue weighted by molar-refractivity contribution is -0.185. The molecule has 0 aliphatic carbocycles. The normalized spacial score (nSPS) is 14.3. The Labute approximate surface area is 233 Å². The maximum atomic E-state index is 13.0.